The lowest BCUT2D eigenvalue weighted by atomic mass is 10.0. The summed E-state index contributed by atoms with van der Waals surface area (Å²) in [6.07, 6.45) is 0. The number of rotatable bonds is 4. The van der Waals surface area contributed by atoms with Crippen LogP contribution in [-0.4, -0.2) is 0 Å². The Labute approximate surface area is 120 Å². The monoisotopic (exact) mass is 292 g/mol. The summed E-state index contributed by atoms with van der Waals surface area (Å²) in [5.41, 5.74) is -0.209. The van der Waals surface area contributed by atoms with Crippen molar-refractivity contribution in [2.75, 3.05) is 5.32 Å². The maximum absolute atomic E-state index is 13.9. The second-order valence-electron chi connectivity index (χ2n) is 4.81. The number of hydrogen-bond donors (Lipinski definition) is 1. The van der Waals surface area contributed by atoms with E-state index in [-0.39, 0.29) is 23.2 Å². The Hall–Kier alpha value is -1.93. The quantitative estimate of drug-likeness (QED) is 0.886. The SMILES string of the molecule is CC(C)C(Nc1c(F)cc(C#N)cc1F)c1cccs1. The van der Waals surface area contributed by atoms with Gasteiger partial charge >= 0.3 is 0 Å². The van der Waals surface area contributed by atoms with Crippen LogP contribution in [-0.2, 0) is 0 Å². The second-order valence-corrected chi connectivity index (χ2v) is 5.79. The Morgan fingerprint density at radius 3 is 2.35 bits per heavy atom. The Balaban J connectivity index is 2.35. The molecule has 0 spiro atoms. The summed E-state index contributed by atoms with van der Waals surface area (Å²) < 4.78 is 27.8. The minimum absolute atomic E-state index is 0.0252. The van der Waals surface area contributed by atoms with Crippen molar-refractivity contribution in [3.05, 3.63) is 51.7 Å². The van der Waals surface area contributed by atoms with E-state index in [0.29, 0.717) is 0 Å². The first-order valence-corrected chi connectivity index (χ1v) is 7.10. The molecule has 0 amide bonds. The van der Waals surface area contributed by atoms with Gasteiger partial charge in [-0.05, 0) is 29.5 Å². The molecule has 0 saturated heterocycles. The lowest BCUT2D eigenvalue weighted by Gasteiger charge is -2.23. The van der Waals surface area contributed by atoms with Crippen molar-refractivity contribution in [3.8, 4) is 6.07 Å². The molecule has 2 nitrogen and oxygen atoms in total. The molecule has 0 saturated carbocycles. The molecule has 2 rings (SSSR count). The van der Waals surface area contributed by atoms with Gasteiger partial charge in [0.05, 0.1) is 17.7 Å². The summed E-state index contributed by atoms with van der Waals surface area (Å²) in [6, 6.07) is 7.48. The number of thiophene rings is 1. The molecule has 0 aliphatic heterocycles. The maximum Gasteiger partial charge on any atom is 0.150 e. The Kier molecular flexibility index (Phi) is 4.35. The topological polar surface area (TPSA) is 35.8 Å². The van der Waals surface area contributed by atoms with Gasteiger partial charge in [0, 0.05) is 4.88 Å². The minimum Gasteiger partial charge on any atom is -0.372 e. The fraction of sp³-hybridized carbons (Fsp3) is 0.267. The van der Waals surface area contributed by atoms with Gasteiger partial charge in [0.15, 0.2) is 11.6 Å². The van der Waals surface area contributed by atoms with Crippen LogP contribution in [0.1, 0.15) is 30.3 Å². The van der Waals surface area contributed by atoms with Gasteiger partial charge in [0.2, 0.25) is 0 Å². The van der Waals surface area contributed by atoms with Gasteiger partial charge in [0.25, 0.3) is 0 Å². The van der Waals surface area contributed by atoms with E-state index < -0.39 is 11.6 Å². The van der Waals surface area contributed by atoms with Crippen LogP contribution in [0.5, 0.6) is 0 Å². The second kappa shape index (κ2) is 6.02. The molecule has 0 fully saturated rings. The minimum atomic E-state index is -0.747. The number of nitrogens with zero attached hydrogens (tertiary/aromatic N) is 1. The van der Waals surface area contributed by atoms with E-state index in [0.717, 1.165) is 17.0 Å². The molecule has 2 aromatic rings. The van der Waals surface area contributed by atoms with Crippen molar-refractivity contribution in [2.24, 2.45) is 5.92 Å². The number of halogens is 2. The van der Waals surface area contributed by atoms with E-state index in [2.05, 4.69) is 5.32 Å². The zero-order chi connectivity index (χ0) is 14.7. The van der Waals surface area contributed by atoms with Crippen LogP contribution in [0.25, 0.3) is 0 Å². The molecule has 1 atom stereocenters. The highest BCUT2D eigenvalue weighted by Crippen LogP contribution is 2.32. The van der Waals surface area contributed by atoms with E-state index in [1.807, 2.05) is 31.4 Å². The fourth-order valence-corrected chi connectivity index (χ4v) is 2.91. The molecule has 1 aromatic heterocycles. The van der Waals surface area contributed by atoms with Gasteiger partial charge in [-0.15, -0.1) is 11.3 Å². The van der Waals surface area contributed by atoms with E-state index in [9.17, 15) is 8.78 Å². The number of anilines is 1. The van der Waals surface area contributed by atoms with Crippen molar-refractivity contribution in [3.63, 3.8) is 0 Å². The van der Waals surface area contributed by atoms with Crippen LogP contribution in [0.3, 0.4) is 0 Å². The predicted octanol–water partition coefficient (Wildman–Crippen LogP) is 4.71. The number of nitriles is 1. The lowest BCUT2D eigenvalue weighted by Crippen LogP contribution is -2.17. The number of benzene rings is 1. The number of nitrogens with one attached hydrogen (secondary N) is 1. The highest BCUT2D eigenvalue weighted by atomic mass is 32.1. The molecular formula is C15H14F2N2S. The van der Waals surface area contributed by atoms with Crippen LogP contribution < -0.4 is 5.32 Å². The molecule has 0 aliphatic rings. The normalized spacial score (nSPS) is 12.2. The fourth-order valence-electron chi connectivity index (χ4n) is 1.97. The van der Waals surface area contributed by atoms with Gasteiger partial charge < -0.3 is 5.32 Å². The van der Waals surface area contributed by atoms with Crippen molar-refractivity contribution in [2.45, 2.75) is 19.9 Å². The average Bonchev–Trinajstić information content (AvgIpc) is 2.90. The average molecular weight is 292 g/mol. The van der Waals surface area contributed by atoms with Crippen LogP contribution in [0, 0.1) is 28.9 Å². The van der Waals surface area contributed by atoms with Crippen molar-refractivity contribution in [1.82, 2.24) is 0 Å². The molecule has 1 unspecified atom stereocenters. The third-order valence-electron chi connectivity index (χ3n) is 2.99. The van der Waals surface area contributed by atoms with Gasteiger partial charge in [0.1, 0.15) is 5.69 Å². The molecule has 1 heterocycles. The van der Waals surface area contributed by atoms with Crippen molar-refractivity contribution in [1.29, 1.82) is 5.26 Å². The summed E-state index contributed by atoms with van der Waals surface area (Å²) in [4.78, 5) is 1.02. The van der Waals surface area contributed by atoms with Crippen LogP contribution in [0.15, 0.2) is 29.6 Å². The van der Waals surface area contributed by atoms with E-state index in [1.54, 1.807) is 6.07 Å². The van der Waals surface area contributed by atoms with Crippen molar-refractivity contribution < 1.29 is 8.78 Å². The Bertz CT molecular complexity index is 607. The maximum atomic E-state index is 13.9. The summed E-state index contributed by atoms with van der Waals surface area (Å²) >= 11 is 1.54. The predicted molar refractivity (Wildman–Crippen MR) is 76.6 cm³/mol. The highest BCUT2D eigenvalue weighted by molar-refractivity contribution is 7.10. The standard InChI is InChI=1S/C15H14F2N2S/c1-9(2)14(13-4-3-5-20-13)19-15-11(16)6-10(8-18)7-12(15)17/h3-7,9,14,19H,1-2H3. The third-order valence-corrected chi connectivity index (χ3v) is 3.94. The highest BCUT2D eigenvalue weighted by Gasteiger charge is 2.20. The Morgan fingerprint density at radius 2 is 1.90 bits per heavy atom. The van der Waals surface area contributed by atoms with Crippen LogP contribution in [0.2, 0.25) is 0 Å². The third kappa shape index (κ3) is 2.97. The van der Waals surface area contributed by atoms with Crippen molar-refractivity contribution >= 4 is 17.0 Å². The molecule has 1 N–H and O–H groups in total. The first-order valence-electron chi connectivity index (χ1n) is 6.22. The molecule has 1 aromatic carbocycles. The van der Waals surface area contributed by atoms with Crippen LogP contribution >= 0.6 is 11.3 Å². The lowest BCUT2D eigenvalue weighted by molar-refractivity contribution is 0.533. The summed E-state index contributed by atoms with van der Waals surface area (Å²) in [5.74, 6) is -1.32. The zero-order valence-corrected chi connectivity index (χ0v) is 12.0. The molecule has 0 bridgehead atoms. The van der Waals surface area contributed by atoms with Gasteiger partial charge in [-0.3, -0.25) is 0 Å². The summed E-state index contributed by atoms with van der Waals surface area (Å²) in [7, 11) is 0. The Morgan fingerprint density at radius 1 is 1.25 bits per heavy atom. The molecule has 5 heteroatoms. The van der Waals surface area contributed by atoms with E-state index in [1.165, 1.54) is 11.3 Å². The largest absolute Gasteiger partial charge is 0.372 e. The van der Waals surface area contributed by atoms with E-state index >= 15 is 0 Å². The molecule has 104 valence electrons. The molecule has 20 heavy (non-hydrogen) atoms. The van der Waals surface area contributed by atoms with Gasteiger partial charge in [-0.1, -0.05) is 19.9 Å². The van der Waals surface area contributed by atoms with Gasteiger partial charge in [-0.25, -0.2) is 8.78 Å². The zero-order valence-electron chi connectivity index (χ0n) is 11.2. The van der Waals surface area contributed by atoms with Gasteiger partial charge in [-0.2, -0.15) is 5.26 Å². The van der Waals surface area contributed by atoms with Crippen LogP contribution in [0.4, 0.5) is 14.5 Å². The molecule has 0 aliphatic carbocycles. The van der Waals surface area contributed by atoms with E-state index in [4.69, 9.17) is 5.26 Å². The smallest absolute Gasteiger partial charge is 0.150 e. The first-order chi connectivity index (χ1) is 9.52. The molecular weight excluding hydrogens is 278 g/mol. The summed E-state index contributed by atoms with van der Waals surface area (Å²) in [5, 5.41) is 13.5. The number of hydrogen-bond acceptors (Lipinski definition) is 3. The summed E-state index contributed by atoms with van der Waals surface area (Å²) in [6.45, 7) is 3.97. The molecule has 0 radical (unpaired) electrons. The first kappa shape index (κ1) is 14.5.